The predicted molar refractivity (Wildman–Crippen MR) is 137 cm³/mol. The number of imidazole rings is 1. The Morgan fingerprint density at radius 3 is 2.41 bits per heavy atom. The molecule has 1 aliphatic heterocycles. The van der Waals surface area contributed by atoms with E-state index in [9.17, 15) is 4.79 Å². The van der Waals surface area contributed by atoms with Crippen molar-refractivity contribution < 1.29 is 9.53 Å². The SMILES string of the molecule is COc1ccc(-n2c(C3CCCCN3C(=O)c3c(Cl)cc(Cl)cc3Cl)nc3ccccc32)cc1. The molecule has 0 aliphatic carbocycles. The Bertz CT molecular complexity index is 1340. The molecule has 1 fully saturated rings. The van der Waals surface area contributed by atoms with E-state index in [2.05, 4.69) is 4.57 Å². The zero-order chi connectivity index (χ0) is 23.8. The first kappa shape index (κ1) is 23.0. The molecule has 3 aromatic carbocycles. The molecule has 174 valence electrons. The molecule has 5 nitrogen and oxygen atoms in total. The monoisotopic (exact) mass is 513 g/mol. The normalized spacial score (nSPS) is 16.1. The number of carbonyl (C=O) groups excluding carboxylic acids is 1. The molecular formula is C26H22Cl3N3O2. The van der Waals surface area contributed by atoms with Gasteiger partial charge in [0.05, 0.1) is 39.8 Å². The van der Waals surface area contributed by atoms with E-state index >= 15 is 0 Å². The second kappa shape index (κ2) is 9.49. The molecule has 1 saturated heterocycles. The lowest BCUT2D eigenvalue weighted by molar-refractivity contribution is 0.0599. The lowest BCUT2D eigenvalue weighted by Gasteiger charge is -2.36. The van der Waals surface area contributed by atoms with Crippen molar-refractivity contribution in [2.24, 2.45) is 0 Å². The molecule has 5 rings (SSSR count). The highest BCUT2D eigenvalue weighted by Crippen LogP contribution is 2.38. The number of para-hydroxylation sites is 2. The van der Waals surface area contributed by atoms with Crippen molar-refractivity contribution in [2.45, 2.75) is 25.3 Å². The number of piperidine rings is 1. The summed E-state index contributed by atoms with van der Waals surface area (Å²) in [6.07, 6.45) is 2.67. The maximum absolute atomic E-state index is 13.7. The van der Waals surface area contributed by atoms with Crippen LogP contribution >= 0.6 is 34.8 Å². The zero-order valence-corrected chi connectivity index (χ0v) is 20.7. The van der Waals surface area contributed by atoms with E-state index in [0.717, 1.165) is 47.6 Å². The van der Waals surface area contributed by atoms with Gasteiger partial charge in [-0.2, -0.15) is 0 Å². The summed E-state index contributed by atoms with van der Waals surface area (Å²) in [6, 6.07) is 18.7. The summed E-state index contributed by atoms with van der Waals surface area (Å²) in [5.74, 6) is 1.36. The van der Waals surface area contributed by atoms with Crippen LogP contribution in [0.25, 0.3) is 16.7 Å². The van der Waals surface area contributed by atoms with Crippen molar-refractivity contribution in [1.82, 2.24) is 14.5 Å². The molecule has 8 heteroatoms. The lowest BCUT2D eigenvalue weighted by atomic mass is 9.99. The number of hydrogen-bond acceptors (Lipinski definition) is 3. The first-order chi connectivity index (χ1) is 16.5. The van der Waals surface area contributed by atoms with Crippen LogP contribution in [0.2, 0.25) is 15.1 Å². The van der Waals surface area contributed by atoms with Gasteiger partial charge in [-0.15, -0.1) is 0 Å². The van der Waals surface area contributed by atoms with E-state index in [0.29, 0.717) is 11.6 Å². The van der Waals surface area contributed by atoms with E-state index in [1.165, 1.54) is 0 Å². The fraction of sp³-hybridized carbons (Fsp3) is 0.231. The van der Waals surface area contributed by atoms with Crippen LogP contribution in [0.4, 0.5) is 0 Å². The predicted octanol–water partition coefficient (Wildman–Crippen LogP) is 7.36. The van der Waals surface area contributed by atoms with Gasteiger partial charge in [-0.3, -0.25) is 9.36 Å². The van der Waals surface area contributed by atoms with Gasteiger partial charge in [-0.05, 0) is 67.8 Å². The summed E-state index contributed by atoms with van der Waals surface area (Å²) in [6.45, 7) is 0.588. The maximum atomic E-state index is 13.7. The minimum atomic E-state index is -0.237. The third kappa shape index (κ3) is 4.13. The van der Waals surface area contributed by atoms with Gasteiger partial charge in [0.1, 0.15) is 11.6 Å². The molecule has 1 aliphatic rings. The van der Waals surface area contributed by atoms with Gasteiger partial charge < -0.3 is 9.64 Å². The first-order valence-corrected chi connectivity index (χ1v) is 12.2. The molecule has 0 radical (unpaired) electrons. The van der Waals surface area contributed by atoms with Crippen molar-refractivity contribution in [3.8, 4) is 11.4 Å². The summed E-state index contributed by atoms with van der Waals surface area (Å²) in [5, 5.41) is 0.883. The van der Waals surface area contributed by atoms with E-state index in [4.69, 9.17) is 44.5 Å². The second-order valence-corrected chi connectivity index (χ2v) is 9.50. The van der Waals surface area contributed by atoms with Gasteiger partial charge >= 0.3 is 0 Å². The number of fused-ring (bicyclic) bond motifs is 1. The molecule has 34 heavy (non-hydrogen) atoms. The maximum Gasteiger partial charge on any atom is 0.257 e. The number of amides is 1. The average Bonchev–Trinajstić information content (AvgIpc) is 3.23. The molecule has 0 N–H and O–H groups in total. The Labute approximate surface area is 212 Å². The summed E-state index contributed by atoms with van der Waals surface area (Å²) in [5.41, 5.74) is 3.06. The van der Waals surface area contributed by atoms with Crippen LogP contribution in [0.15, 0.2) is 60.7 Å². The van der Waals surface area contributed by atoms with Gasteiger partial charge in [-0.1, -0.05) is 46.9 Å². The van der Waals surface area contributed by atoms with E-state index in [1.54, 1.807) is 19.2 Å². The Morgan fingerprint density at radius 2 is 1.71 bits per heavy atom. The molecule has 1 unspecified atom stereocenters. The van der Waals surface area contributed by atoms with Gasteiger partial charge in [0.2, 0.25) is 0 Å². The molecule has 1 amide bonds. The summed E-state index contributed by atoms with van der Waals surface area (Å²) in [7, 11) is 1.64. The van der Waals surface area contributed by atoms with E-state index in [-0.39, 0.29) is 27.6 Å². The highest BCUT2D eigenvalue weighted by Gasteiger charge is 2.34. The molecular weight excluding hydrogens is 493 g/mol. The van der Waals surface area contributed by atoms with E-state index in [1.807, 2.05) is 53.4 Å². The molecule has 4 aromatic rings. The fourth-order valence-electron chi connectivity index (χ4n) is 4.60. The number of carbonyl (C=O) groups is 1. The quantitative estimate of drug-likeness (QED) is 0.286. The smallest absolute Gasteiger partial charge is 0.257 e. The molecule has 1 atom stereocenters. The molecule has 0 saturated carbocycles. The number of likely N-dealkylation sites (tertiary alicyclic amines) is 1. The topological polar surface area (TPSA) is 47.4 Å². The molecule has 0 bridgehead atoms. The Kier molecular flexibility index (Phi) is 6.43. The van der Waals surface area contributed by atoms with Crippen molar-refractivity contribution in [3.63, 3.8) is 0 Å². The summed E-state index contributed by atoms with van der Waals surface area (Å²) in [4.78, 5) is 20.6. The highest BCUT2D eigenvalue weighted by atomic mass is 35.5. The largest absolute Gasteiger partial charge is 0.497 e. The molecule has 1 aromatic heterocycles. The number of methoxy groups -OCH3 is 1. The van der Waals surface area contributed by atoms with E-state index < -0.39 is 0 Å². The van der Waals surface area contributed by atoms with Crippen molar-refractivity contribution in [1.29, 1.82) is 0 Å². The van der Waals surface area contributed by atoms with Crippen LogP contribution in [-0.4, -0.2) is 34.0 Å². The minimum Gasteiger partial charge on any atom is -0.497 e. The van der Waals surface area contributed by atoms with Gasteiger partial charge in [-0.25, -0.2) is 4.98 Å². The molecule has 0 spiro atoms. The van der Waals surface area contributed by atoms with Crippen LogP contribution in [0.5, 0.6) is 5.75 Å². The van der Waals surface area contributed by atoms with Crippen LogP contribution in [0.1, 0.15) is 41.5 Å². The second-order valence-electron chi connectivity index (χ2n) is 8.25. The average molecular weight is 515 g/mol. The minimum absolute atomic E-state index is 0.218. The van der Waals surface area contributed by atoms with Gasteiger partial charge in [0.15, 0.2) is 0 Å². The summed E-state index contributed by atoms with van der Waals surface area (Å²) >= 11 is 18.9. The molecule has 2 heterocycles. The first-order valence-electron chi connectivity index (χ1n) is 11.0. The Hall–Kier alpha value is -2.73. The highest BCUT2D eigenvalue weighted by molar-refractivity contribution is 6.42. The Morgan fingerprint density at radius 1 is 1.00 bits per heavy atom. The zero-order valence-electron chi connectivity index (χ0n) is 18.5. The lowest BCUT2D eigenvalue weighted by Crippen LogP contribution is -2.40. The van der Waals surface area contributed by atoms with Crippen LogP contribution in [0, 0.1) is 0 Å². The third-order valence-electron chi connectivity index (χ3n) is 6.20. The number of aromatic nitrogens is 2. The fourth-order valence-corrected chi connectivity index (χ4v) is 5.58. The van der Waals surface area contributed by atoms with Gasteiger partial charge in [0.25, 0.3) is 5.91 Å². The Balaban J connectivity index is 1.64. The number of hydrogen-bond donors (Lipinski definition) is 0. The number of benzene rings is 3. The summed E-state index contributed by atoms with van der Waals surface area (Å²) < 4.78 is 7.46. The number of halogens is 3. The number of nitrogens with zero attached hydrogens (tertiary/aromatic N) is 3. The van der Waals surface area contributed by atoms with Crippen molar-refractivity contribution in [3.05, 3.63) is 87.1 Å². The standard InChI is InChI=1S/C26H22Cl3N3O2/c1-34-18-11-9-17(10-12-18)32-22-7-3-2-6-21(22)30-25(32)23-8-4-5-13-31(23)26(33)24-19(28)14-16(27)15-20(24)29/h2-3,6-7,9-12,14-15,23H,4-5,8,13H2,1H3. The van der Waals surface area contributed by atoms with Crippen LogP contribution in [0.3, 0.4) is 0 Å². The van der Waals surface area contributed by atoms with Gasteiger partial charge in [0, 0.05) is 17.3 Å². The third-order valence-corrected chi connectivity index (χ3v) is 7.01. The van der Waals surface area contributed by atoms with Crippen LogP contribution < -0.4 is 4.74 Å². The van der Waals surface area contributed by atoms with Crippen molar-refractivity contribution >= 4 is 51.7 Å². The number of rotatable bonds is 4. The number of ether oxygens (including phenoxy) is 1. The van der Waals surface area contributed by atoms with Crippen molar-refractivity contribution in [2.75, 3.05) is 13.7 Å². The van der Waals surface area contributed by atoms with Crippen LogP contribution in [-0.2, 0) is 0 Å².